The van der Waals surface area contributed by atoms with Gasteiger partial charge in [0.05, 0.1) is 13.1 Å². The molecule has 6 aromatic carbocycles. The number of anilines is 2. The SMILES string of the molecule is O=C(COC(c1ccccc1)C(OCC(=O)N(Cc1ccccc1)c1ccccc1)c1ccccc1)N(Cc1ccccc1)c1ccccc1. The molecule has 2 atom stereocenters. The van der Waals surface area contributed by atoms with Gasteiger partial charge in [0.2, 0.25) is 0 Å². The number of carbonyl (C=O) groups is 2. The zero-order valence-corrected chi connectivity index (χ0v) is 27.8. The van der Waals surface area contributed by atoms with E-state index in [9.17, 15) is 9.59 Å². The fraction of sp³-hybridized carbons (Fsp3) is 0.136. The summed E-state index contributed by atoms with van der Waals surface area (Å²) in [5.74, 6) is -0.385. The van der Waals surface area contributed by atoms with Crippen molar-refractivity contribution in [2.24, 2.45) is 0 Å². The fourth-order valence-corrected chi connectivity index (χ4v) is 5.88. The summed E-state index contributed by atoms with van der Waals surface area (Å²) in [5.41, 5.74) is 5.24. The number of rotatable bonds is 15. The molecule has 50 heavy (non-hydrogen) atoms. The third-order valence-corrected chi connectivity index (χ3v) is 8.41. The second-order valence-corrected chi connectivity index (χ2v) is 11.9. The van der Waals surface area contributed by atoms with Crippen LogP contribution in [0.3, 0.4) is 0 Å². The number of hydrogen-bond acceptors (Lipinski definition) is 4. The molecule has 250 valence electrons. The zero-order chi connectivity index (χ0) is 34.4. The number of para-hydroxylation sites is 2. The minimum atomic E-state index is -0.691. The van der Waals surface area contributed by atoms with Crippen molar-refractivity contribution in [3.63, 3.8) is 0 Å². The Kier molecular flexibility index (Phi) is 11.9. The molecule has 6 rings (SSSR count). The number of hydrogen-bond donors (Lipinski definition) is 0. The van der Waals surface area contributed by atoms with E-state index in [1.54, 1.807) is 9.80 Å². The monoisotopic (exact) mass is 660 g/mol. The van der Waals surface area contributed by atoms with Gasteiger partial charge < -0.3 is 19.3 Å². The average Bonchev–Trinajstić information content (AvgIpc) is 3.19. The van der Waals surface area contributed by atoms with Gasteiger partial charge in [-0.1, -0.05) is 158 Å². The first kappa shape index (κ1) is 34.1. The summed E-state index contributed by atoms with van der Waals surface area (Å²) in [6, 6.07) is 58.5. The van der Waals surface area contributed by atoms with Gasteiger partial charge in [0, 0.05) is 11.4 Å². The number of nitrogens with zero attached hydrogens (tertiary/aromatic N) is 2. The van der Waals surface area contributed by atoms with E-state index in [1.165, 1.54) is 0 Å². The van der Waals surface area contributed by atoms with Crippen LogP contribution in [-0.4, -0.2) is 25.0 Å². The molecule has 2 unspecified atom stereocenters. The van der Waals surface area contributed by atoms with E-state index in [0.29, 0.717) is 13.1 Å². The van der Waals surface area contributed by atoms with Gasteiger partial charge in [-0.3, -0.25) is 9.59 Å². The zero-order valence-electron chi connectivity index (χ0n) is 27.8. The van der Waals surface area contributed by atoms with Crippen molar-refractivity contribution < 1.29 is 19.1 Å². The molecule has 6 aromatic rings. The normalized spacial score (nSPS) is 12.1. The molecule has 0 fully saturated rings. The molecular weight excluding hydrogens is 620 g/mol. The molecule has 0 radical (unpaired) electrons. The van der Waals surface area contributed by atoms with Crippen molar-refractivity contribution in [2.75, 3.05) is 23.0 Å². The van der Waals surface area contributed by atoms with Crippen LogP contribution in [0.2, 0.25) is 0 Å². The smallest absolute Gasteiger partial charge is 0.253 e. The van der Waals surface area contributed by atoms with Crippen LogP contribution in [0.4, 0.5) is 11.4 Å². The fourth-order valence-electron chi connectivity index (χ4n) is 5.88. The molecule has 0 aromatic heterocycles. The van der Waals surface area contributed by atoms with Crippen molar-refractivity contribution >= 4 is 23.2 Å². The first-order valence-electron chi connectivity index (χ1n) is 16.8. The van der Waals surface area contributed by atoms with Gasteiger partial charge in [0.1, 0.15) is 25.4 Å². The highest BCUT2D eigenvalue weighted by molar-refractivity contribution is 5.95. The molecule has 0 heterocycles. The van der Waals surface area contributed by atoms with Crippen molar-refractivity contribution in [3.8, 4) is 0 Å². The van der Waals surface area contributed by atoms with E-state index < -0.39 is 12.2 Å². The Morgan fingerprint density at radius 3 is 1.00 bits per heavy atom. The molecule has 6 nitrogen and oxygen atoms in total. The van der Waals surface area contributed by atoms with Gasteiger partial charge in [-0.2, -0.15) is 0 Å². The predicted octanol–water partition coefficient (Wildman–Crippen LogP) is 8.97. The van der Waals surface area contributed by atoms with Gasteiger partial charge >= 0.3 is 0 Å². The van der Waals surface area contributed by atoms with Crippen molar-refractivity contribution in [1.82, 2.24) is 0 Å². The molecule has 0 saturated carbocycles. The lowest BCUT2D eigenvalue weighted by Gasteiger charge is -2.30. The summed E-state index contributed by atoms with van der Waals surface area (Å²) in [6.07, 6.45) is -1.38. The Bertz CT molecular complexity index is 1750. The maximum Gasteiger partial charge on any atom is 0.253 e. The molecule has 0 aliphatic carbocycles. The van der Waals surface area contributed by atoms with Crippen LogP contribution in [0.1, 0.15) is 34.5 Å². The van der Waals surface area contributed by atoms with Crippen LogP contribution in [-0.2, 0) is 32.2 Å². The van der Waals surface area contributed by atoms with Gasteiger partial charge in [-0.15, -0.1) is 0 Å². The molecular formula is C44H40N2O4. The Morgan fingerprint density at radius 2 is 0.680 bits per heavy atom. The summed E-state index contributed by atoms with van der Waals surface area (Å²) in [7, 11) is 0. The van der Waals surface area contributed by atoms with E-state index in [4.69, 9.17) is 9.47 Å². The topological polar surface area (TPSA) is 59.1 Å². The van der Waals surface area contributed by atoms with Gasteiger partial charge in [-0.05, 0) is 46.5 Å². The standard InChI is InChI=1S/C44H40N2O4/c47-41(45(39-27-15-5-16-28-39)31-35-19-7-1-8-20-35)33-49-43(37-23-11-3-12-24-37)44(38-25-13-4-14-26-38)50-34-42(48)46(40-29-17-6-18-30-40)32-36-21-9-2-10-22-36/h1-30,43-44H,31-34H2. The first-order valence-corrected chi connectivity index (χ1v) is 16.8. The van der Waals surface area contributed by atoms with Crippen molar-refractivity contribution in [2.45, 2.75) is 25.3 Å². The summed E-state index contributed by atoms with van der Waals surface area (Å²) >= 11 is 0. The predicted molar refractivity (Wildman–Crippen MR) is 198 cm³/mol. The lowest BCUT2D eigenvalue weighted by Crippen LogP contribution is -2.36. The van der Waals surface area contributed by atoms with Crippen LogP contribution in [0.25, 0.3) is 0 Å². The lowest BCUT2D eigenvalue weighted by molar-refractivity contribution is -0.138. The highest BCUT2D eigenvalue weighted by atomic mass is 16.5. The lowest BCUT2D eigenvalue weighted by atomic mass is 9.98. The number of amides is 2. The largest absolute Gasteiger partial charge is 0.361 e. The van der Waals surface area contributed by atoms with Crippen LogP contribution in [0.5, 0.6) is 0 Å². The maximum atomic E-state index is 14.0. The highest BCUT2D eigenvalue weighted by Gasteiger charge is 2.30. The second-order valence-electron chi connectivity index (χ2n) is 11.9. The quantitative estimate of drug-likeness (QED) is 0.110. The molecule has 0 saturated heterocycles. The first-order chi connectivity index (χ1) is 24.7. The Labute approximate surface area is 294 Å². The minimum absolute atomic E-state index is 0.193. The number of carbonyl (C=O) groups excluding carboxylic acids is 2. The van der Waals surface area contributed by atoms with E-state index in [-0.39, 0.29) is 25.0 Å². The summed E-state index contributed by atoms with van der Waals surface area (Å²) in [6.45, 7) is 0.387. The van der Waals surface area contributed by atoms with Crippen LogP contribution in [0.15, 0.2) is 182 Å². The second kappa shape index (κ2) is 17.5. The van der Waals surface area contributed by atoms with Crippen molar-refractivity contribution in [3.05, 3.63) is 204 Å². The number of ether oxygens (including phenoxy) is 2. The van der Waals surface area contributed by atoms with Crippen LogP contribution < -0.4 is 9.80 Å². The summed E-state index contributed by atoms with van der Waals surface area (Å²) < 4.78 is 13.2. The highest BCUT2D eigenvalue weighted by Crippen LogP contribution is 2.36. The third kappa shape index (κ3) is 9.20. The Hall–Kier alpha value is -5.82. The van der Waals surface area contributed by atoms with Crippen LogP contribution in [0, 0.1) is 0 Å². The molecule has 0 N–H and O–H groups in total. The molecule has 6 heteroatoms. The van der Waals surface area contributed by atoms with E-state index in [2.05, 4.69) is 0 Å². The van der Waals surface area contributed by atoms with E-state index in [1.807, 2.05) is 182 Å². The van der Waals surface area contributed by atoms with Crippen LogP contribution >= 0.6 is 0 Å². The number of benzene rings is 6. The van der Waals surface area contributed by atoms with Gasteiger partial charge in [0.15, 0.2) is 0 Å². The van der Waals surface area contributed by atoms with Crippen molar-refractivity contribution in [1.29, 1.82) is 0 Å². The van der Waals surface area contributed by atoms with Gasteiger partial charge in [0.25, 0.3) is 11.8 Å². The van der Waals surface area contributed by atoms with E-state index in [0.717, 1.165) is 33.6 Å². The summed E-state index contributed by atoms with van der Waals surface area (Å²) in [4.78, 5) is 31.5. The minimum Gasteiger partial charge on any atom is -0.361 e. The Morgan fingerprint density at radius 1 is 0.400 bits per heavy atom. The molecule has 0 aliphatic heterocycles. The molecule has 2 amide bonds. The Balaban J connectivity index is 1.27. The summed E-state index contributed by atoms with van der Waals surface area (Å²) in [5, 5.41) is 0. The molecule has 0 bridgehead atoms. The molecule has 0 aliphatic rings. The van der Waals surface area contributed by atoms with Gasteiger partial charge in [-0.25, -0.2) is 0 Å². The van der Waals surface area contributed by atoms with E-state index >= 15 is 0 Å². The third-order valence-electron chi connectivity index (χ3n) is 8.41. The maximum absolute atomic E-state index is 14.0. The molecule has 0 spiro atoms. The average molecular weight is 661 g/mol.